The van der Waals surface area contributed by atoms with Crippen LogP contribution in [0.2, 0.25) is 5.02 Å². The molecular formula is C14H9ClN4O3. The van der Waals surface area contributed by atoms with Crippen LogP contribution in [0.3, 0.4) is 0 Å². The van der Waals surface area contributed by atoms with Gasteiger partial charge in [0.25, 0.3) is 5.91 Å². The second-order valence-corrected chi connectivity index (χ2v) is 4.77. The molecule has 2 N–H and O–H groups in total. The summed E-state index contributed by atoms with van der Waals surface area (Å²) in [5.41, 5.74) is 1.00. The number of hydrogen-bond donors (Lipinski definition) is 2. The van der Waals surface area contributed by atoms with Crippen molar-refractivity contribution in [3.8, 4) is 0 Å². The number of amides is 1. The molecule has 8 heteroatoms. The monoisotopic (exact) mass is 316 g/mol. The van der Waals surface area contributed by atoms with Crippen LogP contribution < -0.4 is 5.32 Å². The fraction of sp³-hybridized carbons (Fsp3) is 0. The fourth-order valence-electron chi connectivity index (χ4n) is 1.89. The molecule has 7 nitrogen and oxygen atoms in total. The van der Waals surface area contributed by atoms with E-state index in [1.807, 2.05) is 0 Å². The molecule has 0 saturated heterocycles. The topological polar surface area (TPSA) is 96.6 Å². The summed E-state index contributed by atoms with van der Waals surface area (Å²) in [5.74, 6) is -1.54. The zero-order valence-corrected chi connectivity index (χ0v) is 11.8. The number of aromatic carboxylic acids is 1. The molecule has 1 amide bonds. The van der Waals surface area contributed by atoms with E-state index < -0.39 is 11.9 Å². The van der Waals surface area contributed by atoms with Crippen LogP contribution >= 0.6 is 11.6 Å². The van der Waals surface area contributed by atoms with E-state index in [0.29, 0.717) is 11.3 Å². The van der Waals surface area contributed by atoms with Gasteiger partial charge in [-0.2, -0.15) is 5.10 Å². The van der Waals surface area contributed by atoms with Crippen molar-refractivity contribution in [3.05, 3.63) is 59.0 Å². The van der Waals surface area contributed by atoms with Crippen LogP contribution in [0.5, 0.6) is 0 Å². The number of aromatic nitrogens is 3. The first-order chi connectivity index (χ1) is 10.6. The Kier molecular flexibility index (Phi) is 3.48. The van der Waals surface area contributed by atoms with Crippen molar-refractivity contribution in [3.63, 3.8) is 0 Å². The van der Waals surface area contributed by atoms with Crippen molar-refractivity contribution in [1.82, 2.24) is 14.6 Å². The maximum atomic E-state index is 12.2. The van der Waals surface area contributed by atoms with E-state index >= 15 is 0 Å². The second-order valence-electron chi connectivity index (χ2n) is 4.39. The van der Waals surface area contributed by atoms with Crippen LogP contribution in [-0.4, -0.2) is 31.6 Å². The minimum Gasteiger partial charge on any atom is -0.478 e. The third-order valence-corrected chi connectivity index (χ3v) is 3.29. The molecule has 0 radical (unpaired) electrons. The lowest BCUT2D eigenvalue weighted by Crippen LogP contribution is -2.13. The number of rotatable bonds is 3. The maximum absolute atomic E-state index is 12.2. The molecule has 0 bridgehead atoms. The number of carbonyl (C=O) groups excluding carboxylic acids is 1. The molecule has 2 aromatic heterocycles. The molecule has 0 unspecified atom stereocenters. The van der Waals surface area contributed by atoms with E-state index in [0.717, 1.165) is 0 Å². The molecule has 2 heterocycles. The standard InChI is InChI=1S/C14H9ClN4O3/c15-10-11(18-19-7-1-6-16-12(10)19)13(20)17-9-4-2-8(3-5-9)14(21)22/h1-7H,(H,17,20)(H,21,22). The lowest BCUT2D eigenvalue weighted by molar-refractivity contribution is 0.0696. The van der Waals surface area contributed by atoms with Gasteiger partial charge in [-0.05, 0) is 30.3 Å². The number of carbonyl (C=O) groups is 2. The largest absolute Gasteiger partial charge is 0.478 e. The minimum absolute atomic E-state index is 0.0441. The lowest BCUT2D eigenvalue weighted by Gasteiger charge is -2.03. The summed E-state index contributed by atoms with van der Waals surface area (Å²) in [5, 5.41) is 15.7. The Morgan fingerprint density at radius 3 is 2.59 bits per heavy atom. The smallest absolute Gasteiger partial charge is 0.335 e. The number of anilines is 1. The van der Waals surface area contributed by atoms with Gasteiger partial charge in [0.05, 0.1) is 5.56 Å². The van der Waals surface area contributed by atoms with Crippen molar-refractivity contribution in [2.75, 3.05) is 5.32 Å². The number of carboxylic acids is 1. The Morgan fingerprint density at radius 1 is 1.23 bits per heavy atom. The van der Waals surface area contributed by atoms with Crippen LogP contribution in [0.1, 0.15) is 20.8 Å². The number of nitrogens with zero attached hydrogens (tertiary/aromatic N) is 3. The van der Waals surface area contributed by atoms with Crippen LogP contribution in [0.4, 0.5) is 5.69 Å². The van der Waals surface area contributed by atoms with Crippen LogP contribution in [0, 0.1) is 0 Å². The van der Waals surface area contributed by atoms with Gasteiger partial charge in [-0.25, -0.2) is 14.3 Å². The summed E-state index contributed by atoms with van der Waals surface area (Å²) >= 11 is 6.10. The molecule has 0 spiro atoms. The second kappa shape index (κ2) is 5.45. The van der Waals surface area contributed by atoms with Crippen LogP contribution in [-0.2, 0) is 0 Å². The van der Waals surface area contributed by atoms with E-state index in [-0.39, 0.29) is 16.3 Å². The van der Waals surface area contributed by atoms with Gasteiger partial charge < -0.3 is 10.4 Å². The average molecular weight is 317 g/mol. The molecule has 22 heavy (non-hydrogen) atoms. The maximum Gasteiger partial charge on any atom is 0.335 e. The summed E-state index contributed by atoms with van der Waals surface area (Å²) in [6.07, 6.45) is 3.18. The Balaban J connectivity index is 1.87. The predicted molar refractivity (Wildman–Crippen MR) is 79.4 cm³/mol. The highest BCUT2D eigenvalue weighted by Gasteiger charge is 2.18. The molecule has 3 aromatic rings. The van der Waals surface area contributed by atoms with Crippen molar-refractivity contribution in [2.24, 2.45) is 0 Å². The van der Waals surface area contributed by atoms with Crippen molar-refractivity contribution < 1.29 is 14.7 Å². The normalized spacial score (nSPS) is 10.6. The fourth-order valence-corrected chi connectivity index (χ4v) is 2.15. The van der Waals surface area contributed by atoms with E-state index in [2.05, 4.69) is 15.4 Å². The van der Waals surface area contributed by atoms with E-state index in [1.54, 1.807) is 18.5 Å². The van der Waals surface area contributed by atoms with Gasteiger partial charge in [0.15, 0.2) is 11.3 Å². The SMILES string of the molecule is O=C(O)c1ccc(NC(=O)c2nn3cccnc3c2Cl)cc1. The van der Waals surface area contributed by atoms with Gasteiger partial charge in [0.1, 0.15) is 5.02 Å². The van der Waals surface area contributed by atoms with Gasteiger partial charge in [-0.1, -0.05) is 11.6 Å². The molecule has 1 aromatic carbocycles. The minimum atomic E-state index is -1.03. The zero-order valence-electron chi connectivity index (χ0n) is 11.0. The first-order valence-corrected chi connectivity index (χ1v) is 6.57. The quantitative estimate of drug-likeness (QED) is 0.773. The molecule has 3 rings (SSSR count). The van der Waals surface area contributed by atoms with Crippen LogP contribution in [0.25, 0.3) is 5.65 Å². The molecule has 0 atom stereocenters. The Labute approximate surface area is 129 Å². The summed E-state index contributed by atoms with van der Waals surface area (Å²) in [6.45, 7) is 0. The lowest BCUT2D eigenvalue weighted by atomic mass is 10.2. The molecule has 110 valence electrons. The molecule has 0 aliphatic rings. The molecule has 0 aliphatic heterocycles. The van der Waals surface area contributed by atoms with Crippen molar-refractivity contribution in [1.29, 1.82) is 0 Å². The highest BCUT2D eigenvalue weighted by atomic mass is 35.5. The van der Waals surface area contributed by atoms with E-state index in [1.165, 1.54) is 28.8 Å². The summed E-state index contributed by atoms with van der Waals surface area (Å²) in [6, 6.07) is 7.44. The zero-order chi connectivity index (χ0) is 15.7. The first kappa shape index (κ1) is 14.0. The van der Waals surface area contributed by atoms with Gasteiger partial charge >= 0.3 is 5.97 Å². The van der Waals surface area contributed by atoms with Gasteiger partial charge in [0, 0.05) is 18.1 Å². The summed E-state index contributed by atoms with van der Waals surface area (Å²) in [4.78, 5) is 27.0. The van der Waals surface area contributed by atoms with Gasteiger partial charge in [-0.15, -0.1) is 0 Å². The number of carboxylic acid groups (broad SMARTS) is 1. The number of benzene rings is 1. The van der Waals surface area contributed by atoms with E-state index in [9.17, 15) is 9.59 Å². The summed E-state index contributed by atoms with van der Waals surface area (Å²) < 4.78 is 1.41. The van der Waals surface area contributed by atoms with E-state index in [4.69, 9.17) is 16.7 Å². The van der Waals surface area contributed by atoms with Gasteiger partial charge in [0.2, 0.25) is 0 Å². The molecular weight excluding hydrogens is 308 g/mol. The number of halogens is 1. The highest BCUT2D eigenvalue weighted by molar-refractivity contribution is 6.37. The highest BCUT2D eigenvalue weighted by Crippen LogP contribution is 2.21. The third-order valence-electron chi connectivity index (χ3n) is 2.94. The van der Waals surface area contributed by atoms with Gasteiger partial charge in [-0.3, -0.25) is 4.79 Å². The summed E-state index contributed by atoms with van der Waals surface area (Å²) in [7, 11) is 0. The number of hydrogen-bond acceptors (Lipinski definition) is 4. The predicted octanol–water partition coefficient (Wildman–Crippen LogP) is 2.33. The van der Waals surface area contributed by atoms with Crippen molar-refractivity contribution in [2.45, 2.75) is 0 Å². The Morgan fingerprint density at radius 2 is 1.95 bits per heavy atom. The molecule has 0 fully saturated rings. The number of nitrogens with one attached hydrogen (secondary N) is 1. The first-order valence-electron chi connectivity index (χ1n) is 6.20. The third kappa shape index (κ3) is 2.49. The average Bonchev–Trinajstić information content (AvgIpc) is 2.85. The Bertz CT molecular complexity index is 873. The molecule has 0 aliphatic carbocycles. The Hall–Kier alpha value is -2.93. The van der Waals surface area contributed by atoms with Crippen LogP contribution in [0.15, 0.2) is 42.7 Å². The van der Waals surface area contributed by atoms with Crippen molar-refractivity contribution >= 4 is 34.8 Å². The molecule has 0 saturated carbocycles. The number of fused-ring (bicyclic) bond motifs is 1.